The van der Waals surface area contributed by atoms with Gasteiger partial charge in [0.25, 0.3) is 0 Å². The van der Waals surface area contributed by atoms with Crippen molar-refractivity contribution in [3.05, 3.63) is 88.4 Å². The molecule has 8 nitrogen and oxygen atoms in total. The van der Waals surface area contributed by atoms with Crippen LogP contribution in [0.15, 0.2) is 71.8 Å². The number of hydrogen-bond donors (Lipinski definition) is 2. The molecule has 0 heterocycles. The summed E-state index contributed by atoms with van der Waals surface area (Å²) >= 11 is 5.92. The van der Waals surface area contributed by atoms with Crippen LogP contribution < -0.4 is 20.2 Å². The molecule has 0 saturated heterocycles. The molecule has 0 spiro atoms. The van der Waals surface area contributed by atoms with Crippen LogP contribution in [-0.4, -0.2) is 31.1 Å². The zero-order chi connectivity index (χ0) is 23.8. The molecule has 3 aromatic carbocycles. The number of aryl methyl sites for hydroxylation is 1. The number of esters is 1. The van der Waals surface area contributed by atoms with E-state index in [4.69, 9.17) is 21.1 Å². The second-order valence-electron chi connectivity index (χ2n) is 6.79. The first-order chi connectivity index (χ1) is 15.9. The monoisotopic (exact) mass is 465 g/mol. The fraction of sp³-hybridized carbons (Fsp3) is 0.0833. The molecule has 0 aliphatic rings. The molecule has 0 fully saturated rings. The summed E-state index contributed by atoms with van der Waals surface area (Å²) in [6.45, 7) is 1.92. The van der Waals surface area contributed by atoms with Crippen LogP contribution in [0.1, 0.15) is 21.5 Å². The summed E-state index contributed by atoms with van der Waals surface area (Å²) in [5, 5.41) is 6.55. The summed E-state index contributed by atoms with van der Waals surface area (Å²) < 4.78 is 10.6. The number of anilines is 1. The van der Waals surface area contributed by atoms with E-state index in [0.29, 0.717) is 21.9 Å². The molecular formula is C24H20ClN3O5. The van der Waals surface area contributed by atoms with Crippen molar-refractivity contribution in [3.8, 4) is 11.5 Å². The molecular weight excluding hydrogens is 446 g/mol. The number of rotatable bonds is 6. The van der Waals surface area contributed by atoms with Gasteiger partial charge in [-0.15, -0.1) is 0 Å². The van der Waals surface area contributed by atoms with Gasteiger partial charge < -0.3 is 14.8 Å². The first-order valence-corrected chi connectivity index (χ1v) is 10.1. The van der Waals surface area contributed by atoms with Gasteiger partial charge in [-0.25, -0.2) is 10.2 Å². The Kier molecular flexibility index (Phi) is 7.77. The Balaban J connectivity index is 1.64. The number of carbonyl (C=O) groups excluding carboxylic acids is 3. The predicted molar refractivity (Wildman–Crippen MR) is 125 cm³/mol. The maximum atomic E-state index is 12.4. The van der Waals surface area contributed by atoms with E-state index in [-0.39, 0.29) is 11.4 Å². The standard InChI is InChI=1S/C24H20ClN3O5/c1-15-7-9-16(10-8-15)24(31)33-20-6-4-3-5-17(20)14-26-28-23(30)22(29)27-19-13-18(25)11-12-21(19)32-2/h3-14H,1-2H3,(H,27,29)(H,28,30). The van der Waals surface area contributed by atoms with Gasteiger partial charge in [0.15, 0.2) is 0 Å². The van der Waals surface area contributed by atoms with Crippen molar-refractivity contribution >= 4 is 41.3 Å². The Morgan fingerprint density at radius 2 is 1.67 bits per heavy atom. The lowest BCUT2D eigenvalue weighted by Gasteiger charge is -2.09. The quantitative estimate of drug-likeness (QED) is 0.188. The second kappa shape index (κ2) is 10.9. The van der Waals surface area contributed by atoms with Crippen LogP contribution in [0.25, 0.3) is 0 Å². The van der Waals surface area contributed by atoms with Crippen LogP contribution in [0.4, 0.5) is 5.69 Å². The summed E-state index contributed by atoms with van der Waals surface area (Å²) in [4.78, 5) is 36.7. The van der Waals surface area contributed by atoms with E-state index in [9.17, 15) is 14.4 Å². The lowest BCUT2D eigenvalue weighted by Crippen LogP contribution is -2.32. The van der Waals surface area contributed by atoms with Crippen molar-refractivity contribution in [1.29, 1.82) is 0 Å². The van der Waals surface area contributed by atoms with E-state index in [2.05, 4.69) is 15.8 Å². The highest BCUT2D eigenvalue weighted by Gasteiger charge is 2.16. The number of halogens is 1. The number of hydrogen-bond acceptors (Lipinski definition) is 6. The third-order valence-corrected chi connectivity index (χ3v) is 4.63. The van der Waals surface area contributed by atoms with E-state index in [1.165, 1.54) is 19.4 Å². The van der Waals surface area contributed by atoms with Gasteiger partial charge in [0.1, 0.15) is 11.5 Å². The van der Waals surface area contributed by atoms with Gasteiger partial charge in [-0.05, 0) is 49.4 Å². The summed E-state index contributed by atoms with van der Waals surface area (Å²) in [6.07, 6.45) is 1.27. The first-order valence-electron chi connectivity index (χ1n) is 9.73. The minimum atomic E-state index is -1.01. The van der Waals surface area contributed by atoms with Crippen molar-refractivity contribution in [3.63, 3.8) is 0 Å². The van der Waals surface area contributed by atoms with Crippen LogP contribution in [0, 0.1) is 6.92 Å². The molecule has 0 atom stereocenters. The predicted octanol–water partition coefficient (Wildman–Crippen LogP) is 3.97. The molecule has 0 aliphatic heterocycles. The van der Waals surface area contributed by atoms with Crippen LogP contribution >= 0.6 is 11.6 Å². The highest BCUT2D eigenvalue weighted by molar-refractivity contribution is 6.40. The smallest absolute Gasteiger partial charge is 0.343 e. The number of nitrogens with zero attached hydrogens (tertiary/aromatic N) is 1. The summed E-state index contributed by atoms with van der Waals surface area (Å²) in [6, 6.07) is 18.2. The van der Waals surface area contributed by atoms with E-state index < -0.39 is 17.8 Å². The summed E-state index contributed by atoms with van der Waals surface area (Å²) in [5.41, 5.74) is 4.21. The Morgan fingerprint density at radius 3 is 2.39 bits per heavy atom. The molecule has 9 heteroatoms. The van der Waals surface area contributed by atoms with Gasteiger partial charge in [-0.2, -0.15) is 5.10 Å². The molecule has 0 unspecified atom stereocenters. The number of hydrazone groups is 1. The molecule has 0 aliphatic carbocycles. The molecule has 3 aromatic rings. The molecule has 3 rings (SSSR count). The Bertz CT molecular complexity index is 1210. The van der Waals surface area contributed by atoms with Crippen molar-refractivity contribution in [2.45, 2.75) is 6.92 Å². The molecule has 0 bridgehead atoms. The molecule has 2 amide bonds. The van der Waals surface area contributed by atoms with Gasteiger partial charge in [0.2, 0.25) is 0 Å². The average molecular weight is 466 g/mol. The number of methoxy groups -OCH3 is 1. The van der Waals surface area contributed by atoms with E-state index >= 15 is 0 Å². The number of amides is 2. The molecule has 0 saturated carbocycles. The van der Waals surface area contributed by atoms with Gasteiger partial charge >= 0.3 is 17.8 Å². The van der Waals surface area contributed by atoms with E-state index in [1.54, 1.807) is 48.5 Å². The zero-order valence-corrected chi connectivity index (χ0v) is 18.6. The van der Waals surface area contributed by atoms with Crippen molar-refractivity contribution in [1.82, 2.24) is 5.43 Å². The zero-order valence-electron chi connectivity index (χ0n) is 17.8. The van der Waals surface area contributed by atoms with Gasteiger partial charge in [-0.3, -0.25) is 9.59 Å². The molecule has 2 N–H and O–H groups in total. The Labute approximate surface area is 195 Å². The van der Waals surface area contributed by atoms with Gasteiger partial charge in [0.05, 0.1) is 24.6 Å². The minimum absolute atomic E-state index is 0.238. The number of nitrogens with one attached hydrogen (secondary N) is 2. The lowest BCUT2D eigenvalue weighted by atomic mass is 10.1. The summed E-state index contributed by atoms with van der Waals surface area (Å²) in [5.74, 6) is -1.92. The fourth-order valence-electron chi connectivity index (χ4n) is 2.70. The van der Waals surface area contributed by atoms with E-state index in [0.717, 1.165) is 5.56 Å². The first kappa shape index (κ1) is 23.5. The molecule has 0 radical (unpaired) electrons. The topological polar surface area (TPSA) is 106 Å². The number of benzene rings is 3. The van der Waals surface area contributed by atoms with Gasteiger partial charge in [0, 0.05) is 10.6 Å². The van der Waals surface area contributed by atoms with Crippen LogP contribution in [0.3, 0.4) is 0 Å². The second-order valence-corrected chi connectivity index (χ2v) is 7.23. The molecule has 168 valence electrons. The number of ether oxygens (including phenoxy) is 2. The fourth-order valence-corrected chi connectivity index (χ4v) is 2.87. The van der Waals surface area contributed by atoms with Gasteiger partial charge in [-0.1, -0.05) is 41.4 Å². The van der Waals surface area contributed by atoms with Crippen molar-refractivity contribution in [2.75, 3.05) is 12.4 Å². The van der Waals surface area contributed by atoms with E-state index in [1.807, 2.05) is 19.1 Å². The highest BCUT2D eigenvalue weighted by atomic mass is 35.5. The SMILES string of the molecule is COc1ccc(Cl)cc1NC(=O)C(=O)NN=Cc1ccccc1OC(=O)c1ccc(C)cc1. The third-order valence-electron chi connectivity index (χ3n) is 4.39. The Morgan fingerprint density at radius 1 is 0.939 bits per heavy atom. The molecule has 0 aromatic heterocycles. The normalized spacial score (nSPS) is 10.5. The Hall–Kier alpha value is -4.17. The third kappa shape index (κ3) is 6.41. The average Bonchev–Trinajstić information content (AvgIpc) is 2.80. The maximum absolute atomic E-state index is 12.4. The van der Waals surface area contributed by atoms with Crippen LogP contribution in [0.5, 0.6) is 11.5 Å². The number of carbonyl (C=O) groups is 3. The largest absolute Gasteiger partial charge is 0.495 e. The van der Waals surface area contributed by atoms with Crippen LogP contribution in [-0.2, 0) is 9.59 Å². The van der Waals surface area contributed by atoms with Crippen LogP contribution in [0.2, 0.25) is 5.02 Å². The van der Waals surface area contributed by atoms with Crippen molar-refractivity contribution < 1.29 is 23.9 Å². The lowest BCUT2D eigenvalue weighted by molar-refractivity contribution is -0.136. The van der Waals surface area contributed by atoms with Crippen molar-refractivity contribution in [2.24, 2.45) is 5.10 Å². The minimum Gasteiger partial charge on any atom is -0.495 e. The summed E-state index contributed by atoms with van der Waals surface area (Å²) in [7, 11) is 1.42. The number of para-hydroxylation sites is 1. The maximum Gasteiger partial charge on any atom is 0.343 e. The molecule has 33 heavy (non-hydrogen) atoms. The highest BCUT2D eigenvalue weighted by Crippen LogP contribution is 2.27.